The first-order chi connectivity index (χ1) is 9.94. The average molecular weight is 288 g/mol. The molecule has 0 spiro atoms. The van der Waals surface area contributed by atoms with Crippen molar-refractivity contribution in [2.75, 3.05) is 18.5 Å². The van der Waals surface area contributed by atoms with Crippen LogP contribution in [0.25, 0.3) is 10.9 Å². The van der Waals surface area contributed by atoms with Crippen molar-refractivity contribution < 1.29 is 14.3 Å². The second-order valence-electron chi connectivity index (χ2n) is 6.25. The van der Waals surface area contributed by atoms with Crippen molar-refractivity contribution in [1.29, 1.82) is 0 Å². The Kier molecular flexibility index (Phi) is 3.37. The lowest BCUT2D eigenvalue weighted by Gasteiger charge is -2.19. The SMILES string of the molecule is CC(C)(C)OC(=O)n1cc(NCC2CO2)c2ccccc21. The molecule has 1 aliphatic heterocycles. The lowest BCUT2D eigenvalue weighted by atomic mass is 10.2. The van der Waals surface area contributed by atoms with Gasteiger partial charge in [-0.05, 0) is 26.8 Å². The highest BCUT2D eigenvalue weighted by atomic mass is 16.6. The summed E-state index contributed by atoms with van der Waals surface area (Å²) in [6.45, 7) is 7.14. The maximum atomic E-state index is 12.3. The van der Waals surface area contributed by atoms with Crippen LogP contribution in [0.3, 0.4) is 0 Å². The zero-order valence-electron chi connectivity index (χ0n) is 12.6. The molecule has 1 aliphatic rings. The molecule has 0 aliphatic carbocycles. The highest BCUT2D eigenvalue weighted by Gasteiger charge is 2.24. The van der Waals surface area contributed by atoms with Crippen LogP contribution in [0.2, 0.25) is 0 Å². The summed E-state index contributed by atoms with van der Waals surface area (Å²) in [5.74, 6) is 0. The zero-order chi connectivity index (χ0) is 15.0. The van der Waals surface area contributed by atoms with Crippen LogP contribution in [-0.4, -0.2) is 35.5 Å². The smallest absolute Gasteiger partial charge is 0.419 e. The fourth-order valence-corrected chi connectivity index (χ4v) is 2.19. The lowest BCUT2D eigenvalue weighted by Crippen LogP contribution is -2.26. The number of anilines is 1. The number of para-hydroxylation sites is 1. The Bertz CT molecular complexity index is 666. The van der Waals surface area contributed by atoms with Crippen LogP contribution in [0.15, 0.2) is 30.5 Å². The van der Waals surface area contributed by atoms with Crippen molar-refractivity contribution in [1.82, 2.24) is 4.57 Å². The van der Waals surface area contributed by atoms with E-state index in [9.17, 15) is 4.79 Å². The van der Waals surface area contributed by atoms with Crippen molar-refractivity contribution in [3.05, 3.63) is 30.5 Å². The first kappa shape index (κ1) is 13.9. The van der Waals surface area contributed by atoms with E-state index in [0.717, 1.165) is 29.7 Å². The quantitative estimate of drug-likeness (QED) is 0.881. The Balaban J connectivity index is 1.92. The maximum Gasteiger partial charge on any atom is 0.419 e. The highest BCUT2D eigenvalue weighted by molar-refractivity contribution is 5.98. The molecule has 1 unspecified atom stereocenters. The van der Waals surface area contributed by atoms with Crippen LogP contribution in [-0.2, 0) is 9.47 Å². The fraction of sp³-hybridized carbons (Fsp3) is 0.438. The fourth-order valence-electron chi connectivity index (χ4n) is 2.19. The number of fused-ring (bicyclic) bond motifs is 1. The molecule has 21 heavy (non-hydrogen) atoms. The molecule has 1 aromatic carbocycles. The van der Waals surface area contributed by atoms with Crippen molar-refractivity contribution in [3.63, 3.8) is 0 Å². The third kappa shape index (κ3) is 3.19. The van der Waals surface area contributed by atoms with E-state index in [1.807, 2.05) is 45.0 Å². The average Bonchev–Trinajstić information content (AvgIpc) is 3.15. The number of nitrogens with zero attached hydrogens (tertiary/aromatic N) is 1. The summed E-state index contributed by atoms with van der Waals surface area (Å²) in [4.78, 5) is 12.3. The number of hydrogen-bond donors (Lipinski definition) is 1. The maximum absolute atomic E-state index is 12.3. The minimum Gasteiger partial charge on any atom is -0.443 e. The van der Waals surface area contributed by atoms with Crippen LogP contribution >= 0.6 is 0 Å². The Morgan fingerprint density at radius 3 is 2.81 bits per heavy atom. The predicted octanol–water partition coefficient (Wildman–Crippen LogP) is 3.24. The molecule has 1 fully saturated rings. The summed E-state index contributed by atoms with van der Waals surface area (Å²) in [6, 6.07) is 7.78. The molecule has 0 radical (unpaired) electrons. The van der Waals surface area contributed by atoms with E-state index in [1.54, 1.807) is 10.8 Å². The minimum absolute atomic E-state index is 0.286. The largest absolute Gasteiger partial charge is 0.443 e. The van der Waals surface area contributed by atoms with Gasteiger partial charge in [-0.15, -0.1) is 0 Å². The van der Waals surface area contributed by atoms with Crippen LogP contribution in [0.4, 0.5) is 10.5 Å². The third-order valence-corrected chi connectivity index (χ3v) is 3.22. The molecule has 2 aromatic rings. The van der Waals surface area contributed by atoms with E-state index < -0.39 is 5.60 Å². The van der Waals surface area contributed by atoms with Crippen molar-refractivity contribution in [2.45, 2.75) is 32.5 Å². The van der Waals surface area contributed by atoms with Gasteiger partial charge in [0.15, 0.2) is 0 Å². The number of hydrogen-bond acceptors (Lipinski definition) is 4. The van der Waals surface area contributed by atoms with Gasteiger partial charge in [-0.25, -0.2) is 4.79 Å². The number of carbonyl (C=O) groups excluding carboxylic acids is 1. The summed E-state index contributed by atoms with van der Waals surface area (Å²) in [6.07, 6.45) is 1.71. The van der Waals surface area contributed by atoms with Crippen molar-refractivity contribution in [2.24, 2.45) is 0 Å². The molecule has 0 saturated carbocycles. The summed E-state index contributed by atoms with van der Waals surface area (Å²) < 4.78 is 12.2. The van der Waals surface area contributed by atoms with Gasteiger partial charge < -0.3 is 14.8 Å². The molecule has 5 heteroatoms. The number of benzene rings is 1. The Hall–Kier alpha value is -2.01. The van der Waals surface area contributed by atoms with Crippen LogP contribution in [0.5, 0.6) is 0 Å². The van der Waals surface area contributed by atoms with Gasteiger partial charge in [-0.3, -0.25) is 4.57 Å². The standard InChI is InChI=1S/C16H20N2O3/c1-16(2,3)21-15(19)18-9-13(17-8-11-10-20-11)12-6-4-5-7-14(12)18/h4-7,9,11,17H,8,10H2,1-3H3. The van der Waals surface area contributed by atoms with E-state index in [1.165, 1.54) is 0 Å². The molecule has 1 aromatic heterocycles. The van der Waals surface area contributed by atoms with Gasteiger partial charge in [0.05, 0.1) is 23.9 Å². The van der Waals surface area contributed by atoms with E-state index in [0.29, 0.717) is 0 Å². The van der Waals surface area contributed by atoms with Gasteiger partial charge in [0.25, 0.3) is 0 Å². The molecule has 0 bridgehead atoms. The van der Waals surface area contributed by atoms with E-state index in [2.05, 4.69) is 5.32 Å². The second-order valence-corrected chi connectivity index (χ2v) is 6.25. The predicted molar refractivity (Wildman–Crippen MR) is 81.8 cm³/mol. The van der Waals surface area contributed by atoms with E-state index in [-0.39, 0.29) is 12.2 Å². The number of epoxide rings is 1. The zero-order valence-corrected chi connectivity index (χ0v) is 12.6. The normalized spacial score (nSPS) is 17.8. The van der Waals surface area contributed by atoms with Crippen molar-refractivity contribution >= 4 is 22.7 Å². The molecule has 1 N–H and O–H groups in total. The highest BCUT2D eigenvalue weighted by Crippen LogP contribution is 2.27. The van der Waals surface area contributed by atoms with Gasteiger partial charge in [-0.1, -0.05) is 18.2 Å². The van der Waals surface area contributed by atoms with E-state index in [4.69, 9.17) is 9.47 Å². The molecular weight excluding hydrogens is 268 g/mol. The Morgan fingerprint density at radius 2 is 2.14 bits per heavy atom. The monoisotopic (exact) mass is 288 g/mol. The molecule has 2 heterocycles. The molecule has 1 saturated heterocycles. The summed E-state index contributed by atoms with van der Waals surface area (Å²) in [7, 11) is 0. The van der Waals surface area contributed by atoms with Gasteiger partial charge >= 0.3 is 6.09 Å². The molecular formula is C16H20N2O3. The first-order valence-electron chi connectivity index (χ1n) is 7.13. The van der Waals surface area contributed by atoms with Gasteiger partial charge in [0.1, 0.15) is 5.60 Å². The van der Waals surface area contributed by atoms with Crippen LogP contribution in [0.1, 0.15) is 20.8 Å². The van der Waals surface area contributed by atoms with Gasteiger partial charge in [0.2, 0.25) is 0 Å². The topological polar surface area (TPSA) is 55.8 Å². The number of aromatic nitrogens is 1. The molecule has 5 nitrogen and oxygen atoms in total. The molecule has 1 atom stereocenters. The number of nitrogens with one attached hydrogen (secondary N) is 1. The van der Waals surface area contributed by atoms with E-state index >= 15 is 0 Å². The van der Waals surface area contributed by atoms with Crippen LogP contribution < -0.4 is 5.32 Å². The second kappa shape index (κ2) is 5.07. The molecule has 0 amide bonds. The van der Waals surface area contributed by atoms with Crippen molar-refractivity contribution in [3.8, 4) is 0 Å². The lowest BCUT2D eigenvalue weighted by molar-refractivity contribution is 0.0544. The number of rotatable bonds is 3. The number of ether oxygens (including phenoxy) is 2. The minimum atomic E-state index is -0.516. The Morgan fingerprint density at radius 1 is 1.43 bits per heavy atom. The Labute approximate surface area is 123 Å². The third-order valence-electron chi connectivity index (χ3n) is 3.22. The van der Waals surface area contributed by atoms with Gasteiger partial charge in [-0.2, -0.15) is 0 Å². The number of carbonyl (C=O) groups is 1. The summed E-state index contributed by atoms with van der Waals surface area (Å²) >= 11 is 0. The first-order valence-corrected chi connectivity index (χ1v) is 7.13. The summed E-state index contributed by atoms with van der Waals surface area (Å²) in [5.41, 5.74) is 1.25. The van der Waals surface area contributed by atoms with Crippen LogP contribution in [0, 0.1) is 0 Å². The summed E-state index contributed by atoms with van der Waals surface area (Å²) in [5, 5.41) is 4.34. The molecule has 3 rings (SSSR count). The van der Waals surface area contributed by atoms with Gasteiger partial charge in [0, 0.05) is 18.1 Å². The molecule has 112 valence electrons.